The molecule has 0 amide bonds. The Labute approximate surface area is 75.3 Å². The minimum absolute atomic E-state index is 0.812. The molecule has 0 unspecified atom stereocenters. The minimum Gasteiger partial charge on any atom is -0.268 e. The zero-order valence-electron chi connectivity index (χ0n) is 7.59. The second kappa shape index (κ2) is 9.50. The average molecular weight is 171 g/mol. The maximum absolute atomic E-state index is 4.11. The molecule has 0 radical (unpaired) electrons. The molecular formula is C9H17NS. The van der Waals surface area contributed by atoms with Gasteiger partial charge in [0.25, 0.3) is 0 Å². The molecule has 2 heteroatoms. The number of aliphatic imine (C=N–C) groups is 1. The van der Waals surface area contributed by atoms with Crippen LogP contribution < -0.4 is 0 Å². The first-order valence-electron chi connectivity index (χ1n) is 3.77. The van der Waals surface area contributed by atoms with Crippen molar-refractivity contribution < 1.29 is 0 Å². The van der Waals surface area contributed by atoms with Crippen LogP contribution in [0.1, 0.15) is 27.2 Å². The van der Waals surface area contributed by atoms with E-state index < -0.39 is 0 Å². The van der Waals surface area contributed by atoms with Crippen LogP contribution in [0.4, 0.5) is 0 Å². The summed E-state index contributed by atoms with van der Waals surface area (Å²) in [6.07, 6.45) is 2.52. The monoisotopic (exact) mass is 171 g/mol. The van der Waals surface area contributed by atoms with E-state index in [1.807, 2.05) is 20.8 Å². The van der Waals surface area contributed by atoms with E-state index in [9.17, 15) is 0 Å². The van der Waals surface area contributed by atoms with Gasteiger partial charge in [-0.15, -0.1) is 12.6 Å². The van der Waals surface area contributed by atoms with Gasteiger partial charge in [-0.25, -0.2) is 0 Å². The summed E-state index contributed by atoms with van der Waals surface area (Å²) in [5.74, 6) is 0. The molecule has 0 aliphatic heterocycles. The Morgan fingerprint density at radius 3 is 2.09 bits per heavy atom. The molecule has 0 aromatic rings. The Bertz CT molecular complexity index is 148. The summed E-state index contributed by atoms with van der Waals surface area (Å²) in [4.78, 5) is 4.57. The van der Waals surface area contributed by atoms with Gasteiger partial charge in [-0.1, -0.05) is 33.4 Å². The first kappa shape index (κ1) is 13.1. The average Bonchev–Trinajstić information content (AvgIpc) is 2.10. The number of hydrogen-bond acceptors (Lipinski definition) is 2. The molecule has 0 fully saturated rings. The predicted octanol–water partition coefficient (Wildman–Crippen LogP) is 3.45. The van der Waals surface area contributed by atoms with Crippen molar-refractivity contribution in [2.45, 2.75) is 27.2 Å². The minimum atomic E-state index is 0.812. The van der Waals surface area contributed by atoms with Crippen molar-refractivity contribution in [3.05, 3.63) is 23.3 Å². The Balaban J connectivity index is 0. The zero-order valence-corrected chi connectivity index (χ0v) is 8.49. The second-order valence-corrected chi connectivity index (χ2v) is 2.03. The lowest BCUT2D eigenvalue weighted by molar-refractivity contribution is 1.07. The van der Waals surface area contributed by atoms with Gasteiger partial charge >= 0.3 is 0 Å². The highest BCUT2D eigenvalue weighted by atomic mass is 32.1. The van der Waals surface area contributed by atoms with Gasteiger partial charge in [0.2, 0.25) is 0 Å². The van der Waals surface area contributed by atoms with Crippen molar-refractivity contribution in [2.24, 2.45) is 4.99 Å². The molecule has 64 valence electrons. The van der Waals surface area contributed by atoms with Gasteiger partial charge < -0.3 is 0 Å². The fraction of sp³-hybridized carbons (Fsp3) is 0.444. The third-order valence-corrected chi connectivity index (χ3v) is 1.46. The van der Waals surface area contributed by atoms with Crippen molar-refractivity contribution in [1.29, 1.82) is 0 Å². The maximum Gasteiger partial charge on any atom is 0.0526 e. The molecule has 0 bridgehead atoms. The Hall–Kier alpha value is -0.500. The van der Waals surface area contributed by atoms with E-state index >= 15 is 0 Å². The third kappa shape index (κ3) is 5.92. The van der Waals surface area contributed by atoms with Crippen molar-refractivity contribution in [1.82, 2.24) is 0 Å². The summed E-state index contributed by atoms with van der Waals surface area (Å²) in [6, 6.07) is 0. The van der Waals surface area contributed by atoms with Gasteiger partial charge in [-0.2, -0.15) is 0 Å². The SMILES string of the molecule is C=C/C(S)=C(/CC)N=C.CC. The summed E-state index contributed by atoms with van der Waals surface area (Å²) < 4.78 is 0. The van der Waals surface area contributed by atoms with Crippen molar-refractivity contribution in [3.63, 3.8) is 0 Å². The predicted molar refractivity (Wildman–Crippen MR) is 57.4 cm³/mol. The number of rotatable bonds is 3. The molecule has 0 aliphatic carbocycles. The van der Waals surface area contributed by atoms with Crippen LogP contribution in [0.2, 0.25) is 0 Å². The molecule has 1 nitrogen and oxygen atoms in total. The maximum atomic E-state index is 4.11. The normalized spacial score (nSPS) is 10.5. The number of allylic oxidation sites excluding steroid dienone is 2. The van der Waals surface area contributed by atoms with Crippen molar-refractivity contribution in [2.75, 3.05) is 0 Å². The molecule has 0 saturated carbocycles. The molecule has 0 aliphatic rings. The summed E-state index contributed by atoms with van der Waals surface area (Å²) in [5.41, 5.74) is 0.897. The van der Waals surface area contributed by atoms with Crippen LogP contribution >= 0.6 is 12.6 Å². The zero-order chi connectivity index (χ0) is 9.28. The number of thiol groups is 1. The lowest BCUT2D eigenvalue weighted by Crippen LogP contribution is -1.76. The molecule has 0 spiro atoms. The highest BCUT2D eigenvalue weighted by molar-refractivity contribution is 7.84. The Morgan fingerprint density at radius 1 is 1.55 bits per heavy atom. The second-order valence-electron chi connectivity index (χ2n) is 1.55. The van der Waals surface area contributed by atoms with Crippen LogP contribution in [0.15, 0.2) is 28.2 Å². The topological polar surface area (TPSA) is 12.4 Å². The van der Waals surface area contributed by atoms with Crippen molar-refractivity contribution in [3.8, 4) is 0 Å². The quantitative estimate of drug-likeness (QED) is 0.379. The van der Waals surface area contributed by atoms with E-state index in [2.05, 4.69) is 30.9 Å². The highest BCUT2D eigenvalue weighted by Crippen LogP contribution is 2.13. The van der Waals surface area contributed by atoms with Gasteiger partial charge in [-0.05, 0) is 13.1 Å². The lowest BCUT2D eigenvalue weighted by atomic mass is 10.3. The van der Waals surface area contributed by atoms with Gasteiger partial charge in [0, 0.05) is 4.91 Å². The van der Waals surface area contributed by atoms with Crippen LogP contribution in [0.25, 0.3) is 0 Å². The van der Waals surface area contributed by atoms with Crippen LogP contribution in [-0.4, -0.2) is 6.72 Å². The summed E-state index contributed by atoms with van der Waals surface area (Å²) in [6.45, 7) is 13.0. The number of nitrogens with zero attached hydrogens (tertiary/aromatic N) is 1. The Kier molecular flexibility index (Phi) is 11.3. The van der Waals surface area contributed by atoms with Crippen LogP contribution in [-0.2, 0) is 0 Å². The standard InChI is InChI=1S/C7H11NS.C2H6/c1-4-6(8-3)7(9)5-2;1-2/h5,9H,2-4H2,1H3;1-2H3/b7-6+;. The highest BCUT2D eigenvalue weighted by Gasteiger charge is 1.91. The van der Waals surface area contributed by atoms with Crippen LogP contribution in [0.5, 0.6) is 0 Å². The largest absolute Gasteiger partial charge is 0.268 e. The summed E-state index contributed by atoms with van der Waals surface area (Å²) in [5, 5.41) is 0. The van der Waals surface area contributed by atoms with Crippen LogP contribution in [0.3, 0.4) is 0 Å². The van der Waals surface area contributed by atoms with E-state index in [0.29, 0.717) is 0 Å². The molecular weight excluding hydrogens is 154 g/mol. The molecule has 0 N–H and O–H groups in total. The molecule has 0 atom stereocenters. The summed E-state index contributed by atoms with van der Waals surface area (Å²) in [7, 11) is 0. The molecule has 0 saturated heterocycles. The molecule has 0 aromatic carbocycles. The van der Waals surface area contributed by atoms with Crippen molar-refractivity contribution >= 4 is 19.3 Å². The molecule has 0 rings (SSSR count). The smallest absolute Gasteiger partial charge is 0.0526 e. The van der Waals surface area contributed by atoms with E-state index in [1.54, 1.807) is 6.08 Å². The van der Waals surface area contributed by atoms with Crippen LogP contribution in [0, 0.1) is 0 Å². The van der Waals surface area contributed by atoms with E-state index in [-0.39, 0.29) is 0 Å². The molecule has 0 heterocycles. The van der Waals surface area contributed by atoms with Gasteiger partial charge in [0.15, 0.2) is 0 Å². The van der Waals surface area contributed by atoms with Gasteiger partial charge in [0.1, 0.15) is 0 Å². The van der Waals surface area contributed by atoms with Gasteiger partial charge in [0.05, 0.1) is 5.70 Å². The fourth-order valence-corrected chi connectivity index (χ4v) is 0.721. The first-order valence-corrected chi connectivity index (χ1v) is 4.22. The Morgan fingerprint density at radius 2 is 2.00 bits per heavy atom. The van der Waals surface area contributed by atoms with Gasteiger partial charge in [-0.3, -0.25) is 4.99 Å². The first-order chi connectivity index (χ1) is 5.26. The summed E-state index contributed by atoms with van der Waals surface area (Å²) >= 11 is 4.11. The molecule has 0 aromatic heterocycles. The fourth-order valence-electron chi connectivity index (χ4n) is 0.492. The van der Waals surface area contributed by atoms with E-state index in [0.717, 1.165) is 17.0 Å². The van der Waals surface area contributed by atoms with E-state index in [1.165, 1.54) is 0 Å². The molecule has 11 heavy (non-hydrogen) atoms. The lowest BCUT2D eigenvalue weighted by Gasteiger charge is -1.96. The number of hydrogen-bond donors (Lipinski definition) is 1. The van der Waals surface area contributed by atoms with E-state index in [4.69, 9.17) is 0 Å². The third-order valence-electron chi connectivity index (χ3n) is 1.01.